The Kier molecular flexibility index (Phi) is 4.76. The van der Waals surface area contributed by atoms with Crippen molar-refractivity contribution >= 4 is 38.5 Å². The van der Waals surface area contributed by atoms with Crippen LogP contribution in [0.15, 0.2) is 56.1 Å². The van der Waals surface area contributed by atoms with Gasteiger partial charge in [-0.3, -0.25) is 4.79 Å². The third-order valence-corrected chi connectivity index (χ3v) is 4.38. The Bertz CT molecular complexity index is 995. The number of carbonyl (C=O) groups is 1. The van der Waals surface area contributed by atoms with Crippen molar-refractivity contribution in [3.8, 4) is 11.5 Å². The minimum Gasteiger partial charge on any atom is -0.497 e. The highest BCUT2D eigenvalue weighted by Gasteiger charge is 2.14. The Morgan fingerprint density at radius 2 is 1.80 bits per heavy atom. The molecule has 3 rings (SSSR count). The van der Waals surface area contributed by atoms with Crippen molar-refractivity contribution in [1.82, 2.24) is 0 Å². The fourth-order valence-corrected chi connectivity index (χ4v) is 2.92. The normalized spacial score (nSPS) is 10.5. The number of hydrogen-bond donors (Lipinski definition) is 1. The first kappa shape index (κ1) is 17.0. The fraction of sp³-hybridized carbons (Fsp3) is 0.111. The Morgan fingerprint density at radius 3 is 2.44 bits per heavy atom. The minimum atomic E-state index is -0.650. The second-order valence-electron chi connectivity index (χ2n) is 5.13. The second kappa shape index (κ2) is 6.98. The summed E-state index contributed by atoms with van der Waals surface area (Å²) in [6, 6.07) is 11.6. The largest absolute Gasteiger partial charge is 0.497 e. The molecule has 1 amide bonds. The number of methoxy groups -OCH3 is 2. The average Bonchev–Trinajstić information content (AvgIpc) is 2.63. The van der Waals surface area contributed by atoms with E-state index in [0.29, 0.717) is 32.5 Å². The maximum atomic E-state index is 12.3. The van der Waals surface area contributed by atoms with Crippen molar-refractivity contribution in [2.24, 2.45) is 0 Å². The molecule has 0 radical (unpaired) electrons. The number of fused-ring (bicyclic) bond motifs is 1. The molecule has 6 nitrogen and oxygen atoms in total. The van der Waals surface area contributed by atoms with Gasteiger partial charge in [-0.2, -0.15) is 0 Å². The van der Waals surface area contributed by atoms with E-state index in [1.165, 1.54) is 7.11 Å². The van der Waals surface area contributed by atoms with Gasteiger partial charge in [-0.15, -0.1) is 0 Å². The maximum absolute atomic E-state index is 12.3. The standard InChI is InChI=1S/C18H14BrNO5/c1-23-12-6-3-10(4-7-12)17(21)20-13-9-11-5-8-14(24-2)15(19)16(11)25-18(13)22/h3-9H,1-2H3,(H,20,21). The van der Waals surface area contributed by atoms with Crippen LogP contribution >= 0.6 is 15.9 Å². The lowest BCUT2D eigenvalue weighted by Gasteiger charge is -2.08. The molecular formula is C18H14BrNO5. The lowest BCUT2D eigenvalue weighted by atomic mass is 10.2. The lowest BCUT2D eigenvalue weighted by Crippen LogP contribution is -2.17. The number of ether oxygens (including phenoxy) is 2. The molecule has 0 atom stereocenters. The van der Waals surface area contributed by atoms with Gasteiger partial charge in [0.05, 0.1) is 14.2 Å². The zero-order chi connectivity index (χ0) is 18.0. The average molecular weight is 404 g/mol. The van der Waals surface area contributed by atoms with E-state index in [1.807, 2.05) is 0 Å². The topological polar surface area (TPSA) is 77.8 Å². The highest BCUT2D eigenvalue weighted by atomic mass is 79.9. The molecule has 0 aliphatic heterocycles. The van der Waals surface area contributed by atoms with Crippen molar-refractivity contribution in [3.05, 3.63) is 62.9 Å². The monoisotopic (exact) mass is 403 g/mol. The third kappa shape index (κ3) is 3.36. The van der Waals surface area contributed by atoms with Gasteiger partial charge in [0, 0.05) is 10.9 Å². The molecule has 7 heteroatoms. The first-order valence-corrected chi connectivity index (χ1v) is 8.08. The van der Waals surface area contributed by atoms with Gasteiger partial charge >= 0.3 is 5.63 Å². The maximum Gasteiger partial charge on any atom is 0.360 e. The fourth-order valence-electron chi connectivity index (χ4n) is 2.31. The molecule has 0 saturated heterocycles. The Morgan fingerprint density at radius 1 is 1.08 bits per heavy atom. The molecule has 2 aromatic carbocycles. The predicted molar refractivity (Wildman–Crippen MR) is 97.7 cm³/mol. The van der Waals surface area contributed by atoms with Crippen LogP contribution in [0.5, 0.6) is 11.5 Å². The number of carbonyl (C=O) groups excluding carboxylic acids is 1. The summed E-state index contributed by atoms with van der Waals surface area (Å²) in [7, 11) is 3.07. The van der Waals surface area contributed by atoms with E-state index in [4.69, 9.17) is 13.9 Å². The number of anilines is 1. The van der Waals surface area contributed by atoms with E-state index in [1.54, 1.807) is 49.6 Å². The van der Waals surface area contributed by atoms with Crippen molar-refractivity contribution in [3.63, 3.8) is 0 Å². The van der Waals surface area contributed by atoms with Crippen molar-refractivity contribution < 1.29 is 18.7 Å². The van der Waals surface area contributed by atoms with Gasteiger partial charge in [0.25, 0.3) is 5.91 Å². The minimum absolute atomic E-state index is 0.0605. The van der Waals surface area contributed by atoms with Crippen LogP contribution in [0.25, 0.3) is 11.0 Å². The SMILES string of the molecule is COc1ccc(C(=O)Nc2cc3ccc(OC)c(Br)c3oc2=O)cc1. The second-order valence-corrected chi connectivity index (χ2v) is 5.92. The molecule has 3 aromatic rings. The van der Waals surface area contributed by atoms with E-state index in [0.717, 1.165) is 0 Å². The van der Waals surface area contributed by atoms with E-state index >= 15 is 0 Å². The van der Waals surface area contributed by atoms with Crippen LogP contribution in [-0.4, -0.2) is 20.1 Å². The number of hydrogen-bond acceptors (Lipinski definition) is 5. The molecular weight excluding hydrogens is 390 g/mol. The van der Waals surface area contributed by atoms with Crippen LogP contribution in [0.1, 0.15) is 10.4 Å². The molecule has 0 aliphatic rings. The highest BCUT2D eigenvalue weighted by Crippen LogP contribution is 2.33. The van der Waals surface area contributed by atoms with E-state index < -0.39 is 11.5 Å². The number of rotatable bonds is 4. The summed E-state index contributed by atoms with van der Waals surface area (Å²) in [5.41, 5.74) is 0.164. The summed E-state index contributed by atoms with van der Waals surface area (Å²) in [6.45, 7) is 0. The van der Waals surface area contributed by atoms with Gasteiger partial charge in [-0.25, -0.2) is 4.79 Å². The van der Waals surface area contributed by atoms with E-state index in [2.05, 4.69) is 21.2 Å². The van der Waals surface area contributed by atoms with E-state index in [9.17, 15) is 9.59 Å². The molecule has 1 heterocycles. The summed E-state index contributed by atoms with van der Waals surface area (Å²) in [5.74, 6) is 0.771. The molecule has 1 N–H and O–H groups in total. The number of nitrogens with one attached hydrogen (secondary N) is 1. The van der Waals surface area contributed by atoms with Crippen molar-refractivity contribution in [2.45, 2.75) is 0 Å². The Balaban J connectivity index is 1.94. The van der Waals surface area contributed by atoms with Gasteiger partial charge in [0.15, 0.2) is 5.58 Å². The summed E-state index contributed by atoms with van der Waals surface area (Å²) < 4.78 is 16.1. The van der Waals surface area contributed by atoms with Gasteiger partial charge in [-0.05, 0) is 58.4 Å². The number of amides is 1. The molecule has 0 spiro atoms. The zero-order valence-corrected chi connectivity index (χ0v) is 15.0. The number of halogens is 1. The molecule has 25 heavy (non-hydrogen) atoms. The molecule has 0 fully saturated rings. The van der Waals surface area contributed by atoms with Gasteiger partial charge in [0.1, 0.15) is 21.7 Å². The molecule has 0 bridgehead atoms. The van der Waals surface area contributed by atoms with Gasteiger partial charge in [-0.1, -0.05) is 0 Å². The summed E-state index contributed by atoms with van der Waals surface area (Å²) >= 11 is 3.35. The van der Waals surface area contributed by atoms with E-state index in [-0.39, 0.29) is 5.69 Å². The van der Waals surface area contributed by atoms with Crippen LogP contribution in [0.4, 0.5) is 5.69 Å². The van der Waals surface area contributed by atoms with Crippen molar-refractivity contribution in [1.29, 1.82) is 0 Å². The molecule has 0 unspecified atom stereocenters. The first-order chi connectivity index (χ1) is 12.0. The Labute approximate surface area is 151 Å². The molecule has 0 aliphatic carbocycles. The van der Waals surface area contributed by atoms with Crippen molar-refractivity contribution in [2.75, 3.05) is 19.5 Å². The first-order valence-electron chi connectivity index (χ1n) is 7.29. The Hall–Kier alpha value is -2.80. The summed E-state index contributed by atoms with van der Waals surface area (Å²) in [5, 5.41) is 3.22. The van der Waals surface area contributed by atoms with Crippen LogP contribution < -0.4 is 20.4 Å². The number of benzene rings is 2. The van der Waals surface area contributed by atoms with Crippen LogP contribution in [0.3, 0.4) is 0 Å². The summed E-state index contributed by atoms with van der Waals surface area (Å²) in [6.07, 6.45) is 0. The summed E-state index contributed by atoms with van der Waals surface area (Å²) in [4.78, 5) is 24.5. The lowest BCUT2D eigenvalue weighted by molar-refractivity contribution is 0.102. The molecule has 1 aromatic heterocycles. The van der Waals surface area contributed by atoms with Gasteiger partial charge < -0.3 is 19.2 Å². The van der Waals surface area contributed by atoms with Gasteiger partial charge in [0.2, 0.25) is 0 Å². The highest BCUT2D eigenvalue weighted by molar-refractivity contribution is 9.10. The molecule has 128 valence electrons. The molecule has 0 saturated carbocycles. The van der Waals surface area contributed by atoms with Crippen LogP contribution in [-0.2, 0) is 0 Å². The van der Waals surface area contributed by atoms with Crippen LogP contribution in [0, 0.1) is 0 Å². The quantitative estimate of drug-likeness (QED) is 0.669. The third-order valence-electron chi connectivity index (χ3n) is 3.63. The predicted octanol–water partition coefficient (Wildman–Crippen LogP) is 3.83. The zero-order valence-electron chi connectivity index (χ0n) is 13.5. The smallest absolute Gasteiger partial charge is 0.360 e. The van der Waals surface area contributed by atoms with Crippen LogP contribution in [0.2, 0.25) is 0 Å².